The highest BCUT2D eigenvalue weighted by atomic mass is 16.6. The fraction of sp³-hybridized carbons (Fsp3) is 0.760. The Labute approximate surface area is 204 Å². The molecule has 0 bridgehead atoms. The lowest BCUT2D eigenvalue weighted by molar-refractivity contribution is -0.0251. The fourth-order valence-corrected chi connectivity index (χ4v) is 2.57. The third-order valence-electron chi connectivity index (χ3n) is 4.29. The fourth-order valence-electron chi connectivity index (χ4n) is 2.57. The van der Waals surface area contributed by atoms with Crippen LogP contribution in [-0.4, -0.2) is 112 Å². The molecule has 9 heteroatoms. The van der Waals surface area contributed by atoms with Crippen LogP contribution in [0.2, 0.25) is 0 Å². The zero-order chi connectivity index (χ0) is 24.2. The van der Waals surface area contributed by atoms with E-state index in [2.05, 4.69) is 0 Å². The van der Waals surface area contributed by atoms with Crippen molar-refractivity contribution in [2.45, 2.75) is 13.5 Å². The predicted molar refractivity (Wildman–Crippen MR) is 128 cm³/mol. The lowest BCUT2D eigenvalue weighted by Crippen LogP contribution is -2.15. The summed E-state index contributed by atoms with van der Waals surface area (Å²) < 4.78 is 48.8. The minimum atomic E-state index is 0.533. The van der Waals surface area contributed by atoms with Crippen LogP contribution < -0.4 is 0 Å². The molecule has 0 aliphatic carbocycles. The molecule has 0 radical (unpaired) electrons. The van der Waals surface area contributed by atoms with Crippen LogP contribution in [0.1, 0.15) is 12.5 Å². The van der Waals surface area contributed by atoms with Crippen molar-refractivity contribution in [1.29, 1.82) is 0 Å². The molecule has 0 aromatic heterocycles. The van der Waals surface area contributed by atoms with Crippen molar-refractivity contribution in [3.8, 4) is 0 Å². The van der Waals surface area contributed by atoms with E-state index < -0.39 is 0 Å². The van der Waals surface area contributed by atoms with Crippen molar-refractivity contribution in [3.63, 3.8) is 0 Å². The molecule has 0 saturated carbocycles. The summed E-state index contributed by atoms with van der Waals surface area (Å²) in [5.41, 5.74) is 1.16. The van der Waals surface area contributed by atoms with Gasteiger partial charge in [-0.2, -0.15) is 0 Å². The summed E-state index contributed by atoms with van der Waals surface area (Å²) in [5, 5.41) is 0. The second-order valence-electron chi connectivity index (χ2n) is 7.02. The monoisotopic (exact) mass is 488 g/mol. The van der Waals surface area contributed by atoms with Gasteiger partial charge in [0.05, 0.1) is 112 Å². The first-order chi connectivity index (χ1) is 16.9. The van der Waals surface area contributed by atoms with E-state index in [0.717, 1.165) is 5.56 Å². The third kappa shape index (κ3) is 22.6. The molecule has 0 amide bonds. The van der Waals surface area contributed by atoms with E-state index in [9.17, 15) is 0 Å². The zero-order valence-electron chi connectivity index (χ0n) is 20.8. The molecule has 1 aromatic carbocycles. The Morgan fingerprint density at radius 1 is 0.382 bits per heavy atom. The van der Waals surface area contributed by atoms with Gasteiger partial charge in [-0.05, 0) is 12.5 Å². The topological polar surface area (TPSA) is 83.1 Å². The van der Waals surface area contributed by atoms with Crippen molar-refractivity contribution in [1.82, 2.24) is 0 Å². The molecule has 0 fully saturated rings. The number of benzene rings is 1. The van der Waals surface area contributed by atoms with Crippen LogP contribution in [0.4, 0.5) is 0 Å². The smallest absolute Gasteiger partial charge is 0.0718 e. The van der Waals surface area contributed by atoms with Gasteiger partial charge in [-0.3, -0.25) is 0 Å². The summed E-state index contributed by atoms with van der Waals surface area (Å²) in [6.07, 6.45) is 0. The van der Waals surface area contributed by atoms with E-state index in [1.54, 1.807) is 0 Å². The Hall–Kier alpha value is -1.14. The molecule has 0 aliphatic rings. The van der Waals surface area contributed by atoms with Crippen molar-refractivity contribution in [2.24, 2.45) is 0 Å². The Kier molecular flexibility index (Phi) is 24.0. The maximum absolute atomic E-state index is 5.55. The van der Waals surface area contributed by atoms with Crippen LogP contribution in [0.25, 0.3) is 0 Å². The molecule has 0 heterocycles. The lowest BCUT2D eigenvalue weighted by Gasteiger charge is -2.08. The van der Waals surface area contributed by atoms with Crippen LogP contribution in [0.3, 0.4) is 0 Å². The van der Waals surface area contributed by atoms with E-state index in [4.69, 9.17) is 42.6 Å². The minimum Gasteiger partial charge on any atom is -0.379 e. The Morgan fingerprint density at radius 3 is 1.00 bits per heavy atom. The largest absolute Gasteiger partial charge is 0.379 e. The highest BCUT2D eigenvalue weighted by Gasteiger charge is 1.96. The summed E-state index contributed by atoms with van der Waals surface area (Å²) in [7, 11) is 0. The van der Waals surface area contributed by atoms with E-state index in [1.807, 2.05) is 37.3 Å². The first-order valence-corrected chi connectivity index (χ1v) is 12.2. The first kappa shape index (κ1) is 30.9. The Morgan fingerprint density at radius 2 is 0.676 bits per heavy atom. The van der Waals surface area contributed by atoms with Gasteiger partial charge in [0.25, 0.3) is 0 Å². The van der Waals surface area contributed by atoms with Crippen molar-refractivity contribution >= 4 is 0 Å². The average Bonchev–Trinajstić information content (AvgIpc) is 2.87. The van der Waals surface area contributed by atoms with Gasteiger partial charge in [-0.25, -0.2) is 0 Å². The van der Waals surface area contributed by atoms with Crippen molar-refractivity contribution in [3.05, 3.63) is 35.9 Å². The third-order valence-corrected chi connectivity index (χ3v) is 4.29. The van der Waals surface area contributed by atoms with Gasteiger partial charge in [0.15, 0.2) is 0 Å². The number of rotatable bonds is 27. The average molecular weight is 489 g/mol. The molecule has 0 aliphatic heterocycles. The molecule has 1 rings (SSSR count). The molecule has 0 unspecified atom stereocenters. The summed E-state index contributed by atoms with van der Waals surface area (Å²) in [6.45, 7) is 12.2. The van der Waals surface area contributed by atoms with Crippen LogP contribution >= 0.6 is 0 Å². The van der Waals surface area contributed by atoms with Crippen molar-refractivity contribution in [2.75, 3.05) is 112 Å². The van der Waals surface area contributed by atoms with E-state index in [1.165, 1.54) is 0 Å². The molecule has 0 N–H and O–H groups in total. The summed E-state index contributed by atoms with van der Waals surface area (Å²) in [5.74, 6) is 0. The summed E-state index contributed by atoms with van der Waals surface area (Å²) in [6, 6.07) is 10.1. The SMILES string of the molecule is CCOCCOCCOCCOCCOCCOCCOCCOCCOCc1ccccc1. The van der Waals surface area contributed by atoms with Gasteiger partial charge < -0.3 is 42.6 Å². The maximum atomic E-state index is 5.55. The second kappa shape index (κ2) is 26.5. The van der Waals surface area contributed by atoms with Crippen LogP contribution in [0.15, 0.2) is 30.3 Å². The van der Waals surface area contributed by atoms with E-state index in [-0.39, 0.29) is 0 Å². The lowest BCUT2D eigenvalue weighted by atomic mass is 10.2. The molecule has 0 saturated heterocycles. The van der Waals surface area contributed by atoms with Crippen LogP contribution in [0, 0.1) is 0 Å². The highest BCUT2D eigenvalue weighted by Crippen LogP contribution is 1.99. The van der Waals surface area contributed by atoms with E-state index in [0.29, 0.717) is 119 Å². The Balaban J connectivity index is 1.64. The standard InChI is InChI=1S/C25H44O9/c1-2-26-8-9-27-10-11-28-12-13-29-14-15-30-16-17-31-18-19-32-20-21-33-22-23-34-24-25-6-4-3-5-7-25/h3-7H,2,8-24H2,1H3. The highest BCUT2D eigenvalue weighted by molar-refractivity contribution is 5.13. The zero-order valence-corrected chi connectivity index (χ0v) is 20.8. The van der Waals surface area contributed by atoms with E-state index >= 15 is 0 Å². The molecule has 198 valence electrons. The molecule has 9 nitrogen and oxygen atoms in total. The van der Waals surface area contributed by atoms with Gasteiger partial charge in [0.2, 0.25) is 0 Å². The molecular weight excluding hydrogens is 444 g/mol. The van der Waals surface area contributed by atoms with Gasteiger partial charge in [0.1, 0.15) is 0 Å². The predicted octanol–water partition coefficient (Wildman–Crippen LogP) is 2.36. The first-order valence-electron chi connectivity index (χ1n) is 12.2. The number of hydrogen-bond donors (Lipinski definition) is 0. The Bertz CT molecular complexity index is 504. The van der Waals surface area contributed by atoms with Crippen molar-refractivity contribution < 1.29 is 42.6 Å². The molecule has 0 atom stereocenters. The van der Waals surface area contributed by atoms with Gasteiger partial charge >= 0.3 is 0 Å². The second-order valence-corrected chi connectivity index (χ2v) is 7.02. The summed E-state index contributed by atoms with van der Waals surface area (Å²) >= 11 is 0. The van der Waals surface area contributed by atoms with Crippen LogP contribution in [0.5, 0.6) is 0 Å². The van der Waals surface area contributed by atoms with Crippen LogP contribution in [-0.2, 0) is 49.2 Å². The number of ether oxygens (including phenoxy) is 9. The maximum Gasteiger partial charge on any atom is 0.0718 e. The molecule has 1 aromatic rings. The minimum absolute atomic E-state index is 0.533. The van der Waals surface area contributed by atoms with Gasteiger partial charge in [0, 0.05) is 6.61 Å². The number of hydrogen-bond acceptors (Lipinski definition) is 9. The normalized spacial score (nSPS) is 11.3. The van der Waals surface area contributed by atoms with Gasteiger partial charge in [-0.15, -0.1) is 0 Å². The molecule has 0 spiro atoms. The van der Waals surface area contributed by atoms with Gasteiger partial charge in [-0.1, -0.05) is 30.3 Å². The summed E-state index contributed by atoms with van der Waals surface area (Å²) in [4.78, 5) is 0. The quantitative estimate of drug-likeness (QED) is 0.173. The molecule has 34 heavy (non-hydrogen) atoms. The molecular formula is C25H44O9.